The normalized spacial score (nSPS) is 24.1. The maximum Gasteiger partial charge on any atom is 0.255 e. The Hall–Kier alpha value is -0.900. The first-order valence-electron chi connectivity index (χ1n) is 5.93. The third kappa shape index (κ3) is 2.37. The summed E-state index contributed by atoms with van der Waals surface area (Å²) in [7, 11) is 0. The van der Waals surface area contributed by atoms with E-state index >= 15 is 0 Å². The topological polar surface area (TPSA) is 33.2 Å². The fraction of sp³-hybridized carbons (Fsp3) is 0.538. The van der Waals surface area contributed by atoms with Gasteiger partial charge in [0, 0.05) is 29.8 Å². The average Bonchev–Trinajstić information content (AvgIpc) is 2.70. The molecule has 4 heteroatoms. The molecule has 0 radical (unpaired) electrons. The molecule has 0 N–H and O–H groups in total. The number of aromatic nitrogens is 1. The summed E-state index contributed by atoms with van der Waals surface area (Å²) in [4.78, 5) is 18.6. The van der Waals surface area contributed by atoms with Crippen LogP contribution in [0.1, 0.15) is 29.4 Å². The van der Waals surface area contributed by atoms with Crippen LogP contribution < -0.4 is 0 Å². The molecular weight excluding hydrogens is 280 g/mol. The van der Waals surface area contributed by atoms with E-state index < -0.39 is 0 Å². The highest BCUT2D eigenvalue weighted by Crippen LogP contribution is 2.27. The van der Waals surface area contributed by atoms with Gasteiger partial charge >= 0.3 is 0 Å². The molecule has 0 spiro atoms. The standard InChI is InChI=1S/C13H17BrN2O/c1-9-5-7-16(12(9)8-14)13(17)11-4-3-6-15-10(11)2/h3-4,6,9,12H,5,7-8H2,1-2H3. The minimum Gasteiger partial charge on any atom is -0.334 e. The van der Waals surface area contributed by atoms with Crippen LogP contribution in [0.15, 0.2) is 18.3 Å². The summed E-state index contributed by atoms with van der Waals surface area (Å²) in [6.07, 6.45) is 2.81. The number of alkyl halides is 1. The van der Waals surface area contributed by atoms with E-state index in [4.69, 9.17) is 0 Å². The SMILES string of the molecule is Cc1ncccc1C(=O)N1CCC(C)C1CBr. The number of hydrogen-bond donors (Lipinski definition) is 0. The summed E-state index contributed by atoms with van der Waals surface area (Å²) >= 11 is 3.51. The van der Waals surface area contributed by atoms with Gasteiger partial charge in [-0.2, -0.15) is 0 Å². The molecule has 17 heavy (non-hydrogen) atoms. The molecule has 3 nitrogen and oxygen atoms in total. The molecule has 0 aliphatic carbocycles. The Bertz CT molecular complexity index is 422. The van der Waals surface area contributed by atoms with Crippen LogP contribution in [-0.4, -0.2) is 33.7 Å². The largest absolute Gasteiger partial charge is 0.334 e. The van der Waals surface area contributed by atoms with Crippen molar-refractivity contribution >= 4 is 21.8 Å². The van der Waals surface area contributed by atoms with E-state index in [9.17, 15) is 4.79 Å². The van der Waals surface area contributed by atoms with Crippen molar-refractivity contribution in [3.05, 3.63) is 29.6 Å². The Labute approximate surface area is 110 Å². The lowest BCUT2D eigenvalue weighted by Gasteiger charge is -2.25. The van der Waals surface area contributed by atoms with E-state index in [0.717, 1.165) is 29.6 Å². The van der Waals surface area contributed by atoms with Gasteiger partial charge in [-0.3, -0.25) is 9.78 Å². The predicted octanol–water partition coefficient (Wildman–Crippen LogP) is 2.64. The average molecular weight is 297 g/mol. The van der Waals surface area contributed by atoms with Crippen molar-refractivity contribution in [2.75, 3.05) is 11.9 Å². The van der Waals surface area contributed by atoms with Gasteiger partial charge in [-0.05, 0) is 31.4 Å². The van der Waals surface area contributed by atoms with Gasteiger partial charge in [0.05, 0.1) is 5.56 Å². The third-order valence-electron chi connectivity index (χ3n) is 3.54. The monoisotopic (exact) mass is 296 g/mol. The molecule has 2 unspecified atom stereocenters. The number of amides is 1. The molecule has 1 aliphatic rings. The van der Waals surface area contributed by atoms with Gasteiger partial charge in [0.15, 0.2) is 0 Å². The van der Waals surface area contributed by atoms with Crippen LogP contribution in [-0.2, 0) is 0 Å². The molecule has 1 saturated heterocycles. The van der Waals surface area contributed by atoms with E-state index in [2.05, 4.69) is 27.8 Å². The molecule has 0 aromatic carbocycles. The van der Waals surface area contributed by atoms with Crippen molar-refractivity contribution in [3.8, 4) is 0 Å². The molecule has 0 bridgehead atoms. The van der Waals surface area contributed by atoms with Gasteiger partial charge in [0.1, 0.15) is 0 Å². The molecular formula is C13H17BrN2O. The smallest absolute Gasteiger partial charge is 0.255 e. The fourth-order valence-electron chi connectivity index (χ4n) is 2.36. The molecule has 1 aliphatic heterocycles. The van der Waals surface area contributed by atoms with Crippen LogP contribution in [0.3, 0.4) is 0 Å². The van der Waals surface area contributed by atoms with Crippen molar-refractivity contribution < 1.29 is 4.79 Å². The van der Waals surface area contributed by atoms with Crippen LogP contribution in [0.4, 0.5) is 0 Å². The Morgan fingerprint density at radius 3 is 3.06 bits per heavy atom. The number of nitrogens with zero attached hydrogens (tertiary/aromatic N) is 2. The van der Waals surface area contributed by atoms with Crippen molar-refractivity contribution in [1.29, 1.82) is 0 Å². The maximum atomic E-state index is 12.4. The number of hydrogen-bond acceptors (Lipinski definition) is 2. The van der Waals surface area contributed by atoms with E-state index in [0.29, 0.717) is 12.0 Å². The molecule has 92 valence electrons. The highest BCUT2D eigenvalue weighted by atomic mass is 79.9. The van der Waals surface area contributed by atoms with Gasteiger partial charge in [-0.15, -0.1) is 0 Å². The number of carbonyl (C=O) groups excluding carboxylic acids is 1. The highest BCUT2D eigenvalue weighted by Gasteiger charge is 2.34. The summed E-state index contributed by atoms with van der Waals surface area (Å²) in [5.74, 6) is 0.680. The van der Waals surface area contributed by atoms with Crippen molar-refractivity contribution in [2.45, 2.75) is 26.3 Å². The molecule has 2 atom stereocenters. The first-order valence-corrected chi connectivity index (χ1v) is 7.06. The summed E-state index contributed by atoms with van der Waals surface area (Å²) in [5, 5.41) is 0.846. The molecule has 1 aromatic heterocycles. The molecule has 1 aromatic rings. The molecule has 2 heterocycles. The van der Waals surface area contributed by atoms with Gasteiger partial charge < -0.3 is 4.90 Å². The zero-order chi connectivity index (χ0) is 12.4. The fourth-order valence-corrected chi connectivity index (χ4v) is 3.35. The lowest BCUT2D eigenvalue weighted by molar-refractivity contribution is 0.0737. The van der Waals surface area contributed by atoms with E-state index in [1.54, 1.807) is 6.20 Å². The number of halogens is 1. The molecule has 2 rings (SSSR count). The highest BCUT2D eigenvalue weighted by molar-refractivity contribution is 9.09. The lowest BCUT2D eigenvalue weighted by Crippen LogP contribution is -2.38. The molecule has 0 saturated carbocycles. The zero-order valence-electron chi connectivity index (χ0n) is 10.2. The Morgan fingerprint density at radius 2 is 2.41 bits per heavy atom. The van der Waals surface area contributed by atoms with E-state index in [1.807, 2.05) is 24.0 Å². The Morgan fingerprint density at radius 1 is 1.65 bits per heavy atom. The van der Waals surface area contributed by atoms with Gasteiger partial charge in [0.25, 0.3) is 5.91 Å². The predicted molar refractivity (Wildman–Crippen MR) is 71.4 cm³/mol. The van der Waals surface area contributed by atoms with Crippen molar-refractivity contribution in [2.24, 2.45) is 5.92 Å². The number of pyridine rings is 1. The quantitative estimate of drug-likeness (QED) is 0.786. The van der Waals surface area contributed by atoms with Crippen LogP contribution in [0.5, 0.6) is 0 Å². The second-order valence-corrected chi connectivity index (χ2v) is 5.27. The van der Waals surface area contributed by atoms with Gasteiger partial charge in [-0.1, -0.05) is 22.9 Å². The summed E-state index contributed by atoms with van der Waals surface area (Å²) in [5.41, 5.74) is 1.54. The first kappa shape index (κ1) is 12.6. The lowest BCUT2D eigenvalue weighted by atomic mass is 10.0. The molecule has 1 fully saturated rings. The minimum absolute atomic E-state index is 0.115. The molecule has 1 amide bonds. The number of carbonyl (C=O) groups is 1. The van der Waals surface area contributed by atoms with Crippen LogP contribution in [0.2, 0.25) is 0 Å². The zero-order valence-corrected chi connectivity index (χ0v) is 11.8. The maximum absolute atomic E-state index is 12.4. The van der Waals surface area contributed by atoms with E-state index in [-0.39, 0.29) is 5.91 Å². The van der Waals surface area contributed by atoms with Crippen LogP contribution in [0, 0.1) is 12.8 Å². The van der Waals surface area contributed by atoms with E-state index in [1.165, 1.54) is 0 Å². The van der Waals surface area contributed by atoms with Crippen molar-refractivity contribution in [3.63, 3.8) is 0 Å². The second kappa shape index (κ2) is 5.17. The summed E-state index contributed by atoms with van der Waals surface area (Å²) in [6.45, 7) is 4.94. The van der Waals surface area contributed by atoms with Gasteiger partial charge in [-0.25, -0.2) is 0 Å². The number of aryl methyl sites for hydroxylation is 1. The summed E-state index contributed by atoms with van der Waals surface area (Å²) < 4.78 is 0. The first-order chi connectivity index (χ1) is 8.15. The number of likely N-dealkylation sites (tertiary alicyclic amines) is 1. The minimum atomic E-state index is 0.115. The Kier molecular flexibility index (Phi) is 3.82. The third-order valence-corrected chi connectivity index (χ3v) is 4.20. The Balaban J connectivity index is 2.24. The van der Waals surface area contributed by atoms with Crippen LogP contribution >= 0.6 is 15.9 Å². The number of rotatable bonds is 2. The summed E-state index contributed by atoms with van der Waals surface area (Å²) in [6, 6.07) is 3.99. The van der Waals surface area contributed by atoms with Crippen LogP contribution in [0.25, 0.3) is 0 Å². The van der Waals surface area contributed by atoms with Gasteiger partial charge in [0.2, 0.25) is 0 Å². The second-order valence-electron chi connectivity index (χ2n) is 4.62. The van der Waals surface area contributed by atoms with Crippen molar-refractivity contribution in [1.82, 2.24) is 9.88 Å².